The zero-order chi connectivity index (χ0) is 19.4. The lowest BCUT2D eigenvalue weighted by atomic mass is 10.1. The molecule has 1 N–H and O–H groups in total. The van der Waals surface area contributed by atoms with Crippen molar-refractivity contribution in [2.75, 3.05) is 0 Å². The highest BCUT2D eigenvalue weighted by Gasteiger charge is 2.13. The van der Waals surface area contributed by atoms with Crippen molar-refractivity contribution in [3.8, 4) is 5.75 Å². The Morgan fingerprint density at radius 2 is 1.96 bits per heavy atom. The first-order valence-corrected chi connectivity index (χ1v) is 9.03. The van der Waals surface area contributed by atoms with Gasteiger partial charge in [0, 0.05) is 10.6 Å². The molecule has 27 heavy (non-hydrogen) atoms. The lowest BCUT2D eigenvalue weighted by Gasteiger charge is -2.15. The van der Waals surface area contributed by atoms with Gasteiger partial charge in [0.25, 0.3) is 5.91 Å². The summed E-state index contributed by atoms with van der Waals surface area (Å²) < 4.78 is 10.9. The molecule has 0 fully saturated rings. The van der Waals surface area contributed by atoms with Crippen LogP contribution in [0.1, 0.15) is 45.9 Å². The van der Waals surface area contributed by atoms with Crippen molar-refractivity contribution >= 4 is 17.5 Å². The average Bonchev–Trinajstić information content (AvgIpc) is 2.98. The number of amides is 1. The molecule has 3 aromatic rings. The largest absolute Gasteiger partial charge is 0.489 e. The fourth-order valence-corrected chi connectivity index (χ4v) is 2.83. The maximum Gasteiger partial charge on any atom is 0.251 e. The predicted molar refractivity (Wildman–Crippen MR) is 104 cm³/mol. The highest BCUT2D eigenvalue weighted by atomic mass is 35.5. The molecule has 2 aromatic carbocycles. The SMILES string of the molecule is Cc1noc(C)c1COc1cccc(C(=O)N[C@@H](C)c2ccc(Cl)cc2)c1. The maximum atomic E-state index is 12.6. The molecule has 0 bridgehead atoms. The van der Waals surface area contributed by atoms with Gasteiger partial charge < -0.3 is 14.6 Å². The second kappa shape index (κ2) is 8.27. The Labute approximate surface area is 163 Å². The third-order valence-corrected chi connectivity index (χ3v) is 4.63. The van der Waals surface area contributed by atoms with Gasteiger partial charge in [-0.25, -0.2) is 0 Å². The third kappa shape index (κ3) is 4.68. The van der Waals surface area contributed by atoms with Gasteiger partial charge in [0.15, 0.2) is 0 Å². The Kier molecular flexibility index (Phi) is 5.81. The van der Waals surface area contributed by atoms with Crippen LogP contribution in [0.25, 0.3) is 0 Å². The number of ether oxygens (including phenoxy) is 1. The van der Waals surface area contributed by atoms with Crippen molar-refractivity contribution in [2.24, 2.45) is 0 Å². The normalized spacial score (nSPS) is 11.9. The smallest absolute Gasteiger partial charge is 0.251 e. The van der Waals surface area contributed by atoms with Gasteiger partial charge in [0.1, 0.15) is 18.1 Å². The quantitative estimate of drug-likeness (QED) is 0.648. The summed E-state index contributed by atoms with van der Waals surface area (Å²) in [5.74, 6) is 1.18. The summed E-state index contributed by atoms with van der Waals surface area (Å²) >= 11 is 5.91. The number of aryl methyl sites for hydroxylation is 2. The van der Waals surface area contributed by atoms with Crippen molar-refractivity contribution in [3.63, 3.8) is 0 Å². The van der Waals surface area contributed by atoms with E-state index in [2.05, 4.69) is 10.5 Å². The van der Waals surface area contributed by atoms with E-state index in [0.717, 1.165) is 22.6 Å². The molecule has 0 aliphatic rings. The number of halogens is 1. The van der Waals surface area contributed by atoms with Crippen molar-refractivity contribution in [1.29, 1.82) is 0 Å². The lowest BCUT2D eigenvalue weighted by Crippen LogP contribution is -2.26. The molecule has 3 rings (SSSR count). The number of benzene rings is 2. The Morgan fingerprint density at radius 3 is 2.63 bits per heavy atom. The monoisotopic (exact) mass is 384 g/mol. The van der Waals surface area contributed by atoms with Crippen molar-refractivity contribution in [1.82, 2.24) is 10.5 Å². The molecule has 0 aliphatic heterocycles. The van der Waals surface area contributed by atoms with Crippen LogP contribution in [-0.2, 0) is 6.61 Å². The first-order chi connectivity index (χ1) is 12.9. The molecule has 140 valence electrons. The van der Waals surface area contributed by atoms with Gasteiger partial charge in [0.2, 0.25) is 0 Å². The lowest BCUT2D eigenvalue weighted by molar-refractivity contribution is 0.0939. The van der Waals surface area contributed by atoms with Crippen LogP contribution in [0.4, 0.5) is 0 Å². The topological polar surface area (TPSA) is 64.4 Å². The van der Waals surface area contributed by atoms with Crippen molar-refractivity contribution in [3.05, 3.63) is 81.7 Å². The molecule has 0 saturated heterocycles. The van der Waals surface area contributed by atoms with Crippen LogP contribution in [0.3, 0.4) is 0 Å². The molecule has 5 nitrogen and oxygen atoms in total. The first kappa shape index (κ1) is 19.0. The van der Waals surface area contributed by atoms with Crippen molar-refractivity contribution in [2.45, 2.75) is 33.4 Å². The molecule has 0 spiro atoms. The van der Waals surface area contributed by atoms with E-state index >= 15 is 0 Å². The zero-order valence-corrected chi connectivity index (χ0v) is 16.2. The molecular formula is C21H21ClN2O3. The molecule has 0 unspecified atom stereocenters. The van der Waals surface area contributed by atoms with Crippen LogP contribution in [0, 0.1) is 13.8 Å². The minimum atomic E-state index is -0.166. The highest BCUT2D eigenvalue weighted by Crippen LogP contribution is 2.20. The number of nitrogens with zero attached hydrogens (tertiary/aromatic N) is 1. The predicted octanol–water partition coefficient (Wildman–Crippen LogP) is 5.01. The van der Waals surface area contributed by atoms with E-state index in [1.807, 2.05) is 51.1 Å². The standard InChI is InChI=1S/C21H21ClN2O3/c1-13(16-7-9-18(22)10-8-16)23-21(25)17-5-4-6-19(11-17)26-12-20-14(2)24-27-15(20)3/h4-11,13H,12H2,1-3H3,(H,23,25)/t13-/m0/s1. The van der Waals surface area contributed by atoms with Crippen LogP contribution in [0.15, 0.2) is 53.1 Å². The van der Waals surface area contributed by atoms with Gasteiger partial charge in [-0.2, -0.15) is 0 Å². The molecule has 0 saturated carbocycles. The average molecular weight is 385 g/mol. The van der Waals surface area contributed by atoms with E-state index in [-0.39, 0.29) is 11.9 Å². The van der Waals surface area contributed by atoms with Crippen LogP contribution < -0.4 is 10.1 Å². The third-order valence-electron chi connectivity index (χ3n) is 4.38. The number of rotatable bonds is 6. The van der Waals surface area contributed by atoms with E-state index < -0.39 is 0 Å². The summed E-state index contributed by atoms with van der Waals surface area (Å²) in [5, 5.41) is 7.57. The molecular weight excluding hydrogens is 364 g/mol. The Morgan fingerprint density at radius 1 is 1.22 bits per heavy atom. The van der Waals surface area contributed by atoms with Gasteiger partial charge >= 0.3 is 0 Å². The van der Waals surface area contributed by atoms with E-state index in [9.17, 15) is 4.79 Å². The fourth-order valence-electron chi connectivity index (χ4n) is 2.71. The minimum absolute atomic E-state index is 0.137. The second-order valence-corrected chi connectivity index (χ2v) is 6.80. The van der Waals surface area contributed by atoms with Crippen LogP contribution in [0.2, 0.25) is 5.02 Å². The summed E-state index contributed by atoms with van der Waals surface area (Å²) in [5.41, 5.74) is 3.24. The summed E-state index contributed by atoms with van der Waals surface area (Å²) in [6.45, 7) is 5.99. The molecule has 6 heteroatoms. The molecule has 1 atom stereocenters. The van der Waals surface area contributed by atoms with E-state index in [1.165, 1.54) is 0 Å². The maximum absolute atomic E-state index is 12.6. The van der Waals surface area contributed by atoms with Gasteiger partial charge in [-0.05, 0) is 56.7 Å². The summed E-state index contributed by atoms with van der Waals surface area (Å²) in [4.78, 5) is 12.6. The number of hydrogen-bond acceptors (Lipinski definition) is 4. The molecule has 1 aromatic heterocycles. The Hall–Kier alpha value is -2.79. The van der Waals surface area contributed by atoms with Crippen LogP contribution in [0.5, 0.6) is 5.75 Å². The number of carbonyl (C=O) groups excluding carboxylic acids is 1. The molecule has 1 heterocycles. The molecule has 1 amide bonds. The van der Waals surface area contributed by atoms with Gasteiger partial charge in [-0.15, -0.1) is 0 Å². The molecule has 0 radical (unpaired) electrons. The number of carbonyl (C=O) groups is 1. The zero-order valence-electron chi connectivity index (χ0n) is 15.5. The van der Waals surface area contributed by atoms with Gasteiger partial charge in [-0.1, -0.05) is 35.0 Å². The number of hydrogen-bond donors (Lipinski definition) is 1. The van der Waals surface area contributed by atoms with Gasteiger partial charge in [-0.3, -0.25) is 4.79 Å². The van der Waals surface area contributed by atoms with Gasteiger partial charge in [0.05, 0.1) is 17.3 Å². The second-order valence-electron chi connectivity index (χ2n) is 6.37. The Bertz CT molecular complexity index is 915. The highest BCUT2D eigenvalue weighted by molar-refractivity contribution is 6.30. The van der Waals surface area contributed by atoms with Crippen molar-refractivity contribution < 1.29 is 14.1 Å². The Balaban J connectivity index is 1.65. The number of aromatic nitrogens is 1. The summed E-state index contributed by atoms with van der Waals surface area (Å²) in [7, 11) is 0. The fraction of sp³-hybridized carbons (Fsp3) is 0.238. The van der Waals surface area contributed by atoms with E-state index in [1.54, 1.807) is 18.2 Å². The summed E-state index contributed by atoms with van der Waals surface area (Å²) in [6, 6.07) is 14.4. The summed E-state index contributed by atoms with van der Waals surface area (Å²) in [6.07, 6.45) is 0. The van der Waals surface area contributed by atoms with Crippen LogP contribution >= 0.6 is 11.6 Å². The molecule has 0 aliphatic carbocycles. The first-order valence-electron chi connectivity index (χ1n) is 8.65. The minimum Gasteiger partial charge on any atom is -0.489 e. The van der Waals surface area contributed by atoms with Crippen LogP contribution in [-0.4, -0.2) is 11.1 Å². The van der Waals surface area contributed by atoms with E-state index in [4.69, 9.17) is 20.9 Å². The number of nitrogens with one attached hydrogen (secondary N) is 1. The van der Waals surface area contributed by atoms with E-state index in [0.29, 0.717) is 22.9 Å².